The van der Waals surface area contributed by atoms with Crippen LogP contribution in [0.3, 0.4) is 0 Å². The second-order valence-electron chi connectivity index (χ2n) is 7.91. The van der Waals surface area contributed by atoms with E-state index in [9.17, 15) is 14.0 Å². The van der Waals surface area contributed by atoms with E-state index in [1.54, 1.807) is 18.2 Å². The molecule has 2 amide bonds. The maximum Gasteiger partial charge on any atom is 0.277 e. The Kier molecular flexibility index (Phi) is 5.30. The molecular formula is C25H21FN4O2S. The molecule has 5 rings (SSSR count). The molecule has 0 fully saturated rings. The van der Waals surface area contributed by atoms with Gasteiger partial charge in [0.2, 0.25) is 0 Å². The van der Waals surface area contributed by atoms with E-state index in [1.165, 1.54) is 22.1 Å². The van der Waals surface area contributed by atoms with Crippen molar-refractivity contribution >= 4 is 28.2 Å². The highest BCUT2D eigenvalue weighted by atomic mass is 32.1. The normalized spacial score (nSPS) is 12.5. The monoisotopic (exact) mass is 460 g/mol. The third-order valence-corrected chi connectivity index (χ3v) is 6.87. The number of carbonyl (C=O) groups is 2. The summed E-state index contributed by atoms with van der Waals surface area (Å²) in [5.41, 5.74) is 9.78. The first-order chi connectivity index (χ1) is 16.0. The number of halogens is 1. The van der Waals surface area contributed by atoms with E-state index in [0.29, 0.717) is 29.1 Å². The molecule has 0 aliphatic heterocycles. The maximum absolute atomic E-state index is 14.4. The fourth-order valence-corrected chi connectivity index (χ4v) is 5.50. The molecule has 8 heteroatoms. The van der Waals surface area contributed by atoms with E-state index in [2.05, 4.69) is 10.4 Å². The van der Waals surface area contributed by atoms with Gasteiger partial charge in [-0.2, -0.15) is 5.10 Å². The van der Waals surface area contributed by atoms with Gasteiger partial charge < -0.3 is 11.1 Å². The van der Waals surface area contributed by atoms with Gasteiger partial charge in [-0.25, -0.2) is 9.07 Å². The summed E-state index contributed by atoms with van der Waals surface area (Å²) < 4.78 is 16.0. The van der Waals surface area contributed by atoms with Crippen LogP contribution in [0.4, 0.5) is 9.39 Å². The number of amides is 2. The van der Waals surface area contributed by atoms with Crippen molar-refractivity contribution < 1.29 is 14.0 Å². The molecule has 0 saturated carbocycles. The van der Waals surface area contributed by atoms with Gasteiger partial charge in [-0.1, -0.05) is 42.5 Å². The van der Waals surface area contributed by atoms with Gasteiger partial charge in [0.25, 0.3) is 11.8 Å². The molecule has 0 atom stereocenters. The average molecular weight is 461 g/mol. The molecule has 0 radical (unpaired) electrons. The van der Waals surface area contributed by atoms with Crippen LogP contribution < -0.4 is 11.1 Å². The molecule has 0 saturated heterocycles. The summed E-state index contributed by atoms with van der Waals surface area (Å²) >= 11 is 1.30. The maximum atomic E-state index is 14.4. The summed E-state index contributed by atoms with van der Waals surface area (Å²) in [4.78, 5) is 26.6. The van der Waals surface area contributed by atoms with E-state index in [1.807, 2.05) is 37.3 Å². The van der Waals surface area contributed by atoms with Gasteiger partial charge in [-0.15, -0.1) is 11.3 Å². The number of aryl methyl sites for hydroxylation is 1. The lowest BCUT2D eigenvalue weighted by Crippen LogP contribution is -2.18. The summed E-state index contributed by atoms with van der Waals surface area (Å²) in [6.07, 6.45) is 2.27. The summed E-state index contributed by atoms with van der Waals surface area (Å²) in [6.45, 7) is 1.89. The molecule has 0 unspecified atom stereocenters. The topological polar surface area (TPSA) is 90.0 Å². The number of aromatic nitrogens is 2. The van der Waals surface area contributed by atoms with Gasteiger partial charge in [0.15, 0.2) is 5.69 Å². The van der Waals surface area contributed by atoms with E-state index < -0.39 is 17.6 Å². The molecule has 4 aromatic rings. The number of carbonyl (C=O) groups excluding carboxylic acids is 2. The zero-order chi connectivity index (χ0) is 23.1. The number of benzene rings is 2. The highest BCUT2D eigenvalue weighted by Gasteiger charge is 2.29. The van der Waals surface area contributed by atoms with Crippen LogP contribution in [0.1, 0.15) is 43.4 Å². The highest BCUT2D eigenvalue weighted by Crippen LogP contribution is 2.40. The summed E-state index contributed by atoms with van der Waals surface area (Å²) in [5.74, 6) is -1.46. The van der Waals surface area contributed by atoms with Gasteiger partial charge in [0.05, 0.1) is 5.56 Å². The molecule has 0 spiro atoms. The molecule has 0 bridgehead atoms. The first-order valence-corrected chi connectivity index (χ1v) is 11.4. The minimum Gasteiger partial charge on any atom is -0.365 e. The van der Waals surface area contributed by atoms with Crippen molar-refractivity contribution in [1.82, 2.24) is 9.78 Å². The van der Waals surface area contributed by atoms with Crippen molar-refractivity contribution in [2.75, 3.05) is 5.32 Å². The second kappa shape index (κ2) is 8.29. The molecule has 3 N–H and O–H groups in total. The number of fused-ring (bicyclic) bond motifs is 1. The Labute approximate surface area is 193 Å². The van der Waals surface area contributed by atoms with E-state index in [4.69, 9.17) is 5.73 Å². The lowest BCUT2D eigenvalue weighted by Gasteiger charge is -2.07. The number of nitrogens with zero attached hydrogens (tertiary/aromatic N) is 2. The Bertz CT molecular complexity index is 1390. The third kappa shape index (κ3) is 3.62. The van der Waals surface area contributed by atoms with Crippen LogP contribution in [0.25, 0.3) is 16.8 Å². The van der Waals surface area contributed by atoms with Crippen LogP contribution in [-0.4, -0.2) is 21.6 Å². The smallest absolute Gasteiger partial charge is 0.277 e. The minimum atomic E-state index is -0.615. The van der Waals surface area contributed by atoms with Gasteiger partial charge >= 0.3 is 0 Å². The number of hydrogen-bond donors (Lipinski definition) is 2. The number of nitrogens with two attached hydrogens (primary N) is 1. The molecule has 2 heterocycles. The first kappa shape index (κ1) is 21.1. The number of rotatable bonds is 5. The molecule has 166 valence electrons. The van der Waals surface area contributed by atoms with E-state index in [-0.39, 0.29) is 11.3 Å². The SMILES string of the molecule is Cc1sc(NC(=O)c2nn(-c3ccccc3F)c3c2CCC3)c(C(N)=O)c1-c1ccccc1. The lowest BCUT2D eigenvalue weighted by molar-refractivity contribution is 0.100. The van der Waals surface area contributed by atoms with Crippen molar-refractivity contribution in [2.24, 2.45) is 5.73 Å². The Hall–Kier alpha value is -3.78. The largest absolute Gasteiger partial charge is 0.365 e. The number of anilines is 1. The van der Waals surface area contributed by atoms with Crippen LogP contribution >= 0.6 is 11.3 Å². The highest BCUT2D eigenvalue weighted by molar-refractivity contribution is 7.17. The van der Waals surface area contributed by atoms with Gasteiger partial charge in [0.1, 0.15) is 16.5 Å². The zero-order valence-corrected chi connectivity index (χ0v) is 18.7. The predicted octanol–water partition coefficient (Wildman–Crippen LogP) is 4.89. The molecule has 1 aliphatic rings. The molecule has 2 aromatic carbocycles. The predicted molar refractivity (Wildman–Crippen MR) is 127 cm³/mol. The van der Waals surface area contributed by atoms with Crippen molar-refractivity contribution in [3.63, 3.8) is 0 Å². The molecule has 6 nitrogen and oxygen atoms in total. The minimum absolute atomic E-state index is 0.244. The summed E-state index contributed by atoms with van der Waals surface area (Å²) in [6, 6.07) is 15.8. The van der Waals surface area contributed by atoms with Crippen LogP contribution in [0.2, 0.25) is 0 Å². The van der Waals surface area contributed by atoms with Crippen molar-refractivity contribution in [1.29, 1.82) is 0 Å². The third-order valence-electron chi connectivity index (χ3n) is 5.85. The first-order valence-electron chi connectivity index (χ1n) is 10.6. The van der Waals surface area contributed by atoms with Crippen LogP contribution in [-0.2, 0) is 12.8 Å². The molecule has 33 heavy (non-hydrogen) atoms. The summed E-state index contributed by atoms with van der Waals surface area (Å²) in [5, 5.41) is 7.72. The van der Waals surface area contributed by atoms with Crippen LogP contribution in [0.15, 0.2) is 54.6 Å². The number of thiophene rings is 1. The molecule has 2 aromatic heterocycles. The lowest BCUT2D eigenvalue weighted by atomic mass is 10.0. The van der Waals surface area contributed by atoms with E-state index >= 15 is 0 Å². The Morgan fingerprint density at radius 1 is 1.09 bits per heavy atom. The Morgan fingerprint density at radius 3 is 2.55 bits per heavy atom. The van der Waals surface area contributed by atoms with Crippen LogP contribution in [0.5, 0.6) is 0 Å². The summed E-state index contributed by atoms with van der Waals surface area (Å²) in [7, 11) is 0. The van der Waals surface area contributed by atoms with Crippen molar-refractivity contribution in [3.05, 3.63) is 87.8 Å². The van der Waals surface area contributed by atoms with Crippen molar-refractivity contribution in [3.8, 4) is 16.8 Å². The second-order valence-corrected chi connectivity index (χ2v) is 9.14. The fraction of sp³-hybridized carbons (Fsp3) is 0.160. The fourth-order valence-electron chi connectivity index (χ4n) is 4.43. The quantitative estimate of drug-likeness (QED) is 0.444. The Balaban J connectivity index is 1.55. The number of nitrogens with one attached hydrogen (secondary N) is 1. The number of hydrogen-bond acceptors (Lipinski definition) is 4. The zero-order valence-electron chi connectivity index (χ0n) is 17.9. The van der Waals surface area contributed by atoms with Gasteiger partial charge in [-0.3, -0.25) is 9.59 Å². The average Bonchev–Trinajstić information content (AvgIpc) is 3.48. The van der Waals surface area contributed by atoms with Gasteiger partial charge in [-0.05, 0) is 43.9 Å². The Morgan fingerprint density at radius 2 is 1.82 bits per heavy atom. The van der Waals surface area contributed by atoms with E-state index in [0.717, 1.165) is 28.1 Å². The van der Waals surface area contributed by atoms with Crippen LogP contribution in [0, 0.1) is 12.7 Å². The van der Waals surface area contributed by atoms with Gasteiger partial charge in [0, 0.05) is 21.7 Å². The number of para-hydroxylation sites is 1. The van der Waals surface area contributed by atoms with Crippen molar-refractivity contribution in [2.45, 2.75) is 26.2 Å². The number of primary amides is 1. The standard InChI is InChI=1S/C25H21FN4O2S/c1-14-20(15-8-3-2-4-9-15)21(23(27)31)25(33-14)28-24(32)22-16-10-7-13-18(16)30(29-22)19-12-6-5-11-17(19)26/h2-6,8-9,11-12H,7,10,13H2,1H3,(H2,27,31)(H,28,32). The molecule has 1 aliphatic carbocycles. The molecular weight excluding hydrogens is 439 g/mol.